The number of Topliss-reactive ketones (excluding diaryl/α,β-unsaturated/α-hetero) is 1. The smallest absolute Gasteiger partial charge is 0.504 e. The largest absolute Gasteiger partial charge is 0.518 e. The fourth-order valence-electron chi connectivity index (χ4n) is 1.37. The second-order valence-corrected chi connectivity index (χ2v) is 3.17. The zero-order valence-electron chi connectivity index (χ0n) is 8.17. The Hall–Kier alpha value is -2.31. The summed E-state index contributed by atoms with van der Waals surface area (Å²) >= 11 is 0. The van der Waals surface area contributed by atoms with Gasteiger partial charge < -0.3 is 14.6 Å². The molecule has 1 aliphatic heterocycles. The van der Waals surface area contributed by atoms with Gasteiger partial charge in [0.05, 0.1) is 5.56 Å². The van der Waals surface area contributed by atoms with Gasteiger partial charge >= 0.3 is 6.41 Å². The number of hydrogen-bond donors (Lipinski definition) is 1. The fourth-order valence-corrected chi connectivity index (χ4v) is 1.37. The molecule has 0 fully saturated rings. The van der Waals surface area contributed by atoms with Gasteiger partial charge in [0.15, 0.2) is 17.3 Å². The number of aromatic hydroxyl groups is 1. The molecule has 0 saturated heterocycles. The molecule has 1 heterocycles. The van der Waals surface area contributed by atoms with Crippen LogP contribution >= 0.6 is 0 Å². The number of ether oxygens (including phenoxy) is 2. The summed E-state index contributed by atoms with van der Waals surface area (Å²) in [6.45, 7) is 1.29. The summed E-state index contributed by atoms with van der Waals surface area (Å²) in [7, 11) is 0. The summed E-state index contributed by atoms with van der Waals surface area (Å²) < 4.78 is 9.61. The number of fused-ring (bicyclic) bond motifs is 1. The van der Waals surface area contributed by atoms with Crippen molar-refractivity contribution >= 4 is 5.78 Å². The highest BCUT2D eigenvalue weighted by atomic mass is 16.8. The Labute approximate surface area is 89.4 Å². The zero-order valence-corrected chi connectivity index (χ0v) is 8.17. The SMILES string of the molecule is CC(=O)c1ccc(O)c2c1OC([N+](=O)[O-])O2. The van der Waals surface area contributed by atoms with E-state index in [1.54, 1.807) is 0 Å². The number of phenolic OH excluding ortho intramolecular Hbond substituents is 1. The first-order valence-corrected chi connectivity index (χ1v) is 4.34. The van der Waals surface area contributed by atoms with Crippen LogP contribution in [0.4, 0.5) is 0 Å². The Balaban J connectivity index is 2.50. The number of nitro groups is 1. The molecular formula is C9H7NO6. The van der Waals surface area contributed by atoms with Crippen LogP contribution in [0.1, 0.15) is 17.3 Å². The highest BCUT2D eigenvalue weighted by molar-refractivity contribution is 5.98. The van der Waals surface area contributed by atoms with Crippen LogP contribution in [0.5, 0.6) is 17.2 Å². The van der Waals surface area contributed by atoms with E-state index in [9.17, 15) is 20.0 Å². The molecule has 1 aliphatic rings. The minimum atomic E-state index is -1.72. The molecule has 0 spiro atoms. The van der Waals surface area contributed by atoms with Gasteiger partial charge in [-0.1, -0.05) is 0 Å². The first-order valence-electron chi connectivity index (χ1n) is 4.34. The molecule has 7 nitrogen and oxygen atoms in total. The maximum absolute atomic E-state index is 11.2. The number of carbonyl (C=O) groups is 1. The van der Waals surface area contributed by atoms with E-state index in [1.165, 1.54) is 19.1 Å². The third-order valence-electron chi connectivity index (χ3n) is 2.08. The van der Waals surface area contributed by atoms with E-state index in [4.69, 9.17) is 9.47 Å². The molecule has 0 bridgehead atoms. The van der Waals surface area contributed by atoms with Crippen LogP contribution in [0.2, 0.25) is 0 Å². The normalized spacial score (nSPS) is 17.2. The Kier molecular flexibility index (Phi) is 2.15. The quantitative estimate of drug-likeness (QED) is 0.456. The standard InChI is InChI=1S/C9H7NO6/c1-4(11)5-2-3-6(12)8-7(5)15-9(16-8)10(13)14/h2-3,9,12H,1H3. The Morgan fingerprint density at radius 1 is 1.44 bits per heavy atom. The van der Waals surface area contributed by atoms with Crippen LogP contribution in [0.3, 0.4) is 0 Å². The molecule has 1 N–H and O–H groups in total. The maximum atomic E-state index is 11.2. The number of carbonyl (C=O) groups excluding carboxylic acids is 1. The molecule has 1 atom stereocenters. The number of benzene rings is 1. The summed E-state index contributed by atoms with van der Waals surface area (Å²) in [4.78, 5) is 20.9. The van der Waals surface area contributed by atoms with Crippen LogP contribution in [-0.2, 0) is 0 Å². The second kappa shape index (κ2) is 3.37. The number of hydrogen-bond acceptors (Lipinski definition) is 6. The average molecular weight is 225 g/mol. The molecular weight excluding hydrogens is 218 g/mol. The zero-order chi connectivity index (χ0) is 11.9. The molecule has 7 heteroatoms. The van der Waals surface area contributed by atoms with Crippen LogP contribution < -0.4 is 9.47 Å². The highest BCUT2D eigenvalue weighted by Crippen LogP contribution is 2.44. The molecule has 84 valence electrons. The summed E-state index contributed by atoms with van der Waals surface area (Å²) in [5, 5.41) is 19.8. The monoisotopic (exact) mass is 225 g/mol. The minimum Gasteiger partial charge on any atom is -0.504 e. The van der Waals surface area contributed by atoms with Gasteiger partial charge in [-0.2, -0.15) is 0 Å². The van der Waals surface area contributed by atoms with Crippen molar-refractivity contribution in [3.05, 3.63) is 27.8 Å². The number of ketones is 1. The number of rotatable bonds is 2. The predicted octanol–water partition coefficient (Wildman–Crippen LogP) is 0.926. The van der Waals surface area contributed by atoms with E-state index >= 15 is 0 Å². The van der Waals surface area contributed by atoms with Crippen LogP contribution in [0.15, 0.2) is 12.1 Å². The third-order valence-corrected chi connectivity index (χ3v) is 2.08. The van der Waals surface area contributed by atoms with E-state index in [0.717, 1.165) is 0 Å². The molecule has 1 aromatic carbocycles. The van der Waals surface area contributed by atoms with Crippen molar-refractivity contribution in [1.29, 1.82) is 0 Å². The van der Waals surface area contributed by atoms with Gasteiger partial charge in [0.25, 0.3) is 0 Å². The Bertz CT molecular complexity index is 483. The summed E-state index contributed by atoms with van der Waals surface area (Å²) in [5.74, 6) is -0.892. The molecule has 1 aromatic rings. The fraction of sp³-hybridized carbons (Fsp3) is 0.222. The van der Waals surface area contributed by atoms with Gasteiger partial charge in [-0.3, -0.25) is 14.9 Å². The van der Waals surface area contributed by atoms with E-state index < -0.39 is 11.3 Å². The molecule has 1 unspecified atom stereocenters. The highest BCUT2D eigenvalue weighted by Gasteiger charge is 2.38. The second-order valence-electron chi connectivity index (χ2n) is 3.17. The van der Waals surface area contributed by atoms with Crippen LogP contribution in [0.25, 0.3) is 0 Å². The van der Waals surface area contributed by atoms with Crippen molar-refractivity contribution < 1.29 is 24.3 Å². The number of nitrogens with zero attached hydrogens (tertiary/aromatic N) is 1. The summed E-state index contributed by atoms with van der Waals surface area (Å²) in [6, 6.07) is 2.55. The van der Waals surface area contributed by atoms with Gasteiger partial charge in [-0.15, -0.1) is 0 Å². The lowest BCUT2D eigenvalue weighted by atomic mass is 10.1. The van der Waals surface area contributed by atoms with E-state index in [-0.39, 0.29) is 28.6 Å². The average Bonchev–Trinajstić information content (AvgIpc) is 2.62. The van der Waals surface area contributed by atoms with Crippen molar-refractivity contribution in [3.63, 3.8) is 0 Å². The molecule has 0 amide bonds. The molecule has 16 heavy (non-hydrogen) atoms. The number of phenols is 1. The lowest BCUT2D eigenvalue weighted by molar-refractivity contribution is -0.600. The van der Waals surface area contributed by atoms with Gasteiger partial charge in [0.2, 0.25) is 5.75 Å². The summed E-state index contributed by atoms with van der Waals surface area (Å²) in [5.41, 5.74) is 0.136. The van der Waals surface area contributed by atoms with E-state index in [0.29, 0.717) is 0 Å². The van der Waals surface area contributed by atoms with E-state index in [1.807, 2.05) is 0 Å². The van der Waals surface area contributed by atoms with Crippen molar-refractivity contribution in [1.82, 2.24) is 0 Å². The minimum absolute atomic E-state index is 0.0887. The first kappa shape index (κ1) is 10.2. The van der Waals surface area contributed by atoms with Crippen molar-refractivity contribution in [2.45, 2.75) is 13.3 Å². The van der Waals surface area contributed by atoms with Crippen LogP contribution in [-0.4, -0.2) is 22.2 Å². The predicted molar refractivity (Wildman–Crippen MR) is 50.1 cm³/mol. The van der Waals surface area contributed by atoms with Crippen LogP contribution in [0, 0.1) is 10.1 Å². The van der Waals surface area contributed by atoms with Crippen molar-refractivity contribution in [2.75, 3.05) is 0 Å². The van der Waals surface area contributed by atoms with Gasteiger partial charge in [0, 0.05) is 0 Å². The van der Waals surface area contributed by atoms with Gasteiger partial charge in [0.1, 0.15) is 4.92 Å². The Morgan fingerprint density at radius 3 is 2.62 bits per heavy atom. The topological polar surface area (TPSA) is 98.9 Å². The maximum Gasteiger partial charge on any atom is 0.518 e. The molecule has 0 radical (unpaired) electrons. The molecule has 2 rings (SSSR count). The molecule has 0 saturated carbocycles. The first-order chi connectivity index (χ1) is 7.50. The van der Waals surface area contributed by atoms with Gasteiger partial charge in [-0.25, -0.2) is 0 Å². The van der Waals surface area contributed by atoms with Crippen molar-refractivity contribution in [2.24, 2.45) is 0 Å². The van der Waals surface area contributed by atoms with Gasteiger partial charge in [-0.05, 0) is 19.1 Å². The summed E-state index contributed by atoms with van der Waals surface area (Å²) in [6.07, 6.45) is -1.72. The molecule has 0 aliphatic carbocycles. The lowest BCUT2D eigenvalue weighted by Gasteiger charge is -2.01. The lowest BCUT2D eigenvalue weighted by Crippen LogP contribution is -2.27. The van der Waals surface area contributed by atoms with Crippen molar-refractivity contribution in [3.8, 4) is 17.2 Å². The van der Waals surface area contributed by atoms with E-state index in [2.05, 4.69) is 0 Å². The Morgan fingerprint density at radius 2 is 2.06 bits per heavy atom. The third kappa shape index (κ3) is 1.42. The molecule has 0 aromatic heterocycles.